The minimum Gasteiger partial charge on any atom is -0.494 e. The highest BCUT2D eigenvalue weighted by Crippen LogP contribution is 2.16. The Balaban J connectivity index is 1.80. The van der Waals surface area contributed by atoms with Gasteiger partial charge in [0.2, 0.25) is 0 Å². The maximum absolute atomic E-state index is 12.7. The third kappa shape index (κ3) is 5.56. The van der Waals surface area contributed by atoms with E-state index in [4.69, 9.17) is 9.47 Å². The molecule has 29 heavy (non-hydrogen) atoms. The summed E-state index contributed by atoms with van der Waals surface area (Å²) in [7, 11) is -3.76. The van der Waals surface area contributed by atoms with Gasteiger partial charge in [-0.25, -0.2) is 0 Å². The lowest BCUT2D eigenvalue weighted by Gasteiger charge is -2.31. The topological polar surface area (TPSA) is 81.4 Å². The van der Waals surface area contributed by atoms with Gasteiger partial charge in [-0.3, -0.25) is 0 Å². The van der Waals surface area contributed by atoms with Crippen molar-refractivity contribution < 1.29 is 22.8 Å². The molecule has 156 valence electrons. The van der Waals surface area contributed by atoms with Gasteiger partial charge in [-0.15, -0.1) is 0 Å². The second kappa shape index (κ2) is 9.87. The summed E-state index contributed by atoms with van der Waals surface area (Å²) in [5, 5.41) is 4.27. The average Bonchev–Trinajstić information content (AvgIpc) is 2.75. The van der Waals surface area contributed by atoms with E-state index in [1.807, 2.05) is 44.2 Å². The van der Waals surface area contributed by atoms with Crippen LogP contribution in [0.15, 0.2) is 64.6 Å². The summed E-state index contributed by atoms with van der Waals surface area (Å²) in [6, 6.07) is 16.3. The van der Waals surface area contributed by atoms with E-state index in [0.29, 0.717) is 31.3 Å². The summed E-state index contributed by atoms with van der Waals surface area (Å²) < 4.78 is 36.2. The molecule has 0 bridgehead atoms. The van der Waals surface area contributed by atoms with E-state index in [9.17, 15) is 8.42 Å². The van der Waals surface area contributed by atoms with Crippen LogP contribution in [0.2, 0.25) is 0 Å². The van der Waals surface area contributed by atoms with Crippen molar-refractivity contribution in [3.63, 3.8) is 0 Å². The maximum Gasteiger partial charge on any atom is 0.276 e. The number of nitrogens with one attached hydrogen (secondary N) is 2. The summed E-state index contributed by atoms with van der Waals surface area (Å²) in [5.74, 6) is 0.631. The molecule has 7 nitrogen and oxygen atoms in total. The van der Waals surface area contributed by atoms with Crippen LogP contribution in [0.3, 0.4) is 0 Å². The molecule has 3 rings (SSSR count). The van der Waals surface area contributed by atoms with Crippen molar-refractivity contribution in [3.05, 3.63) is 60.2 Å². The van der Waals surface area contributed by atoms with Crippen LogP contribution in [-0.2, 0) is 14.8 Å². The fourth-order valence-corrected chi connectivity index (χ4v) is 4.34. The van der Waals surface area contributed by atoms with E-state index in [1.165, 1.54) is 17.0 Å². The van der Waals surface area contributed by atoms with Crippen molar-refractivity contribution >= 4 is 15.7 Å². The Morgan fingerprint density at radius 3 is 2.41 bits per heavy atom. The number of quaternary nitrogens is 1. The largest absolute Gasteiger partial charge is 0.494 e. The van der Waals surface area contributed by atoms with Crippen LogP contribution >= 0.6 is 0 Å². The van der Waals surface area contributed by atoms with Crippen molar-refractivity contribution in [3.8, 4) is 5.75 Å². The lowest BCUT2D eigenvalue weighted by Crippen LogP contribution is -3.15. The van der Waals surface area contributed by atoms with Crippen molar-refractivity contribution in [2.45, 2.75) is 24.8 Å². The Labute approximate surface area is 172 Å². The zero-order valence-electron chi connectivity index (χ0n) is 16.8. The number of benzene rings is 2. The third-order valence-electron chi connectivity index (χ3n) is 4.88. The summed E-state index contributed by atoms with van der Waals surface area (Å²) in [6.07, 6.45) is 0. The zero-order valence-corrected chi connectivity index (χ0v) is 17.6. The van der Waals surface area contributed by atoms with E-state index < -0.39 is 10.0 Å². The maximum atomic E-state index is 12.7. The van der Waals surface area contributed by atoms with Crippen LogP contribution < -0.4 is 14.5 Å². The molecule has 0 unspecified atom stereocenters. The van der Waals surface area contributed by atoms with Crippen LogP contribution in [0, 0.1) is 0 Å². The second-order valence-corrected chi connectivity index (χ2v) is 8.53. The molecular weight excluding hydrogens is 390 g/mol. The van der Waals surface area contributed by atoms with E-state index >= 15 is 0 Å². The monoisotopic (exact) mass is 418 g/mol. The molecule has 0 spiro atoms. The minimum absolute atomic E-state index is 0.0388. The van der Waals surface area contributed by atoms with Crippen molar-refractivity contribution in [1.82, 2.24) is 4.83 Å². The standard InChI is InChI=1S/C21H27N3O4S/c1-3-28-19-9-11-20(12-10-19)29(25,26)23-22-17(2)21(18-7-5-4-6-8-18)24-13-15-27-16-14-24/h4-12,21,23H,3,13-16H2,1-2H3/p+1/b22-17-/t21-/m1/s1. The number of rotatable bonds is 8. The number of ether oxygens (including phenoxy) is 2. The Bertz CT molecular complexity index is 909. The van der Waals surface area contributed by atoms with Crippen molar-refractivity contribution in [2.75, 3.05) is 32.9 Å². The quantitative estimate of drug-likeness (QED) is 0.502. The van der Waals surface area contributed by atoms with Crippen LogP contribution in [0.25, 0.3) is 0 Å². The molecule has 1 atom stereocenters. The van der Waals surface area contributed by atoms with Gasteiger partial charge in [-0.2, -0.15) is 18.4 Å². The van der Waals surface area contributed by atoms with Gasteiger partial charge in [0.05, 0.1) is 30.4 Å². The summed E-state index contributed by atoms with van der Waals surface area (Å²) >= 11 is 0. The van der Waals surface area contributed by atoms with E-state index in [1.54, 1.807) is 12.1 Å². The number of hydrogen-bond donors (Lipinski definition) is 2. The molecule has 2 N–H and O–H groups in total. The molecule has 1 saturated heterocycles. The highest BCUT2D eigenvalue weighted by molar-refractivity contribution is 7.89. The van der Waals surface area contributed by atoms with E-state index in [2.05, 4.69) is 9.93 Å². The molecule has 2 aromatic rings. The summed E-state index contributed by atoms with van der Waals surface area (Å²) in [5.41, 5.74) is 1.81. The van der Waals surface area contributed by atoms with Gasteiger partial charge in [0, 0.05) is 5.56 Å². The predicted molar refractivity (Wildman–Crippen MR) is 112 cm³/mol. The minimum atomic E-state index is -3.76. The first-order valence-electron chi connectivity index (χ1n) is 9.77. The van der Waals surface area contributed by atoms with Crippen LogP contribution in [0.1, 0.15) is 25.5 Å². The molecule has 8 heteroatoms. The van der Waals surface area contributed by atoms with Crippen molar-refractivity contribution in [1.29, 1.82) is 0 Å². The first kappa shape index (κ1) is 21.3. The number of morpholine rings is 1. The molecule has 0 aliphatic carbocycles. The number of sulfonamides is 1. The fraction of sp³-hybridized carbons (Fsp3) is 0.381. The molecule has 0 aromatic heterocycles. The second-order valence-electron chi connectivity index (χ2n) is 6.87. The molecule has 0 radical (unpaired) electrons. The smallest absolute Gasteiger partial charge is 0.276 e. The third-order valence-corrected chi connectivity index (χ3v) is 6.11. The van der Waals surface area contributed by atoms with Crippen LogP contribution in [0.4, 0.5) is 0 Å². The highest BCUT2D eigenvalue weighted by atomic mass is 32.2. The Kier molecular flexibility index (Phi) is 7.24. The van der Waals surface area contributed by atoms with Gasteiger partial charge in [-0.05, 0) is 38.1 Å². The molecule has 1 aliphatic rings. The Morgan fingerprint density at radius 2 is 1.79 bits per heavy atom. The number of hydrazone groups is 1. The molecule has 2 aromatic carbocycles. The summed E-state index contributed by atoms with van der Waals surface area (Å²) in [6.45, 7) is 7.33. The predicted octanol–water partition coefficient (Wildman–Crippen LogP) is 1.40. The molecular formula is C21H28N3O4S+. The molecule has 1 fully saturated rings. The van der Waals surface area contributed by atoms with Crippen molar-refractivity contribution in [2.24, 2.45) is 5.10 Å². The molecule has 0 saturated carbocycles. The molecule has 1 heterocycles. The van der Waals surface area contributed by atoms with E-state index in [-0.39, 0.29) is 10.9 Å². The first-order chi connectivity index (χ1) is 14.0. The van der Waals surface area contributed by atoms with Gasteiger partial charge < -0.3 is 14.4 Å². The van der Waals surface area contributed by atoms with E-state index in [0.717, 1.165) is 18.7 Å². The first-order valence-corrected chi connectivity index (χ1v) is 11.3. The van der Waals surface area contributed by atoms with Gasteiger partial charge in [0.1, 0.15) is 18.8 Å². The lowest BCUT2D eigenvalue weighted by atomic mass is 10.0. The molecule has 0 amide bonds. The lowest BCUT2D eigenvalue weighted by molar-refractivity contribution is -0.928. The Hall–Kier alpha value is -2.42. The van der Waals surface area contributed by atoms with Gasteiger partial charge >= 0.3 is 0 Å². The van der Waals surface area contributed by atoms with Gasteiger partial charge in [0.25, 0.3) is 10.0 Å². The SMILES string of the molecule is CCOc1ccc(S(=O)(=O)N/N=C(/C)[C@H](c2ccccc2)[NH+]2CCOCC2)cc1. The number of nitrogens with zero attached hydrogens (tertiary/aromatic N) is 1. The molecule has 1 aliphatic heterocycles. The fourth-order valence-electron chi connectivity index (χ4n) is 3.47. The van der Waals surface area contributed by atoms with Gasteiger partial charge in [0.15, 0.2) is 6.04 Å². The van der Waals surface area contributed by atoms with Crippen LogP contribution in [0.5, 0.6) is 5.75 Å². The van der Waals surface area contributed by atoms with Gasteiger partial charge in [-0.1, -0.05) is 30.3 Å². The number of hydrogen-bond acceptors (Lipinski definition) is 5. The zero-order chi connectivity index (χ0) is 20.7. The normalized spacial score (nSPS) is 17.0. The highest BCUT2D eigenvalue weighted by Gasteiger charge is 2.29. The Morgan fingerprint density at radius 1 is 1.14 bits per heavy atom. The van der Waals surface area contributed by atoms with Crippen LogP contribution in [-0.4, -0.2) is 47.0 Å². The summed E-state index contributed by atoms with van der Waals surface area (Å²) in [4.78, 5) is 3.85. The average molecular weight is 419 g/mol.